The van der Waals surface area contributed by atoms with Crippen molar-refractivity contribution in [3.05, 3.63) is 83.4 Å². The summed E-state index contributed by atoms with van der Waals surface area (Å²) < 4.78 is 0. The van der Waals surface area contributed by atoms with Gasteiger partial charge in [-0.3, -0.25) is 9.59 Å². The van der Waals surface area contributed by atoms with Gasteiger partial charge >= 0.3 is 0 Å². The van der Waals surface area contributed by atoms with Gasteiger partial charge in [-0.2, -0.15) is 0 Å². The normalized spacial score (nSPS) is 15.8. The maximum absolute atomic E-state index is 11.8. The molecule has 4 rings (SSSR count). The van der Waals surface area contributed by atoms with Crippen LogP contribution in [0.15, 0.2) is 66.7 Å². The van der Waals surface area contributed by atoms with Crippen LogP contribution < -0.4 is 0 Å². The van der Waals surface area contributed by atoms with Gasteiger partial charge in [-0.25, -0.2) is 0 Å². The first-order chi connectivity index (χ1) is 15.8. The maximum atomic E-state index is 11.8. The van der Waals surface area contributed by atoms with Gasteiger partial charge in [-0.1, -0.05) is 112 Å². The molecule has 0 radical (unpaired) electrons. The second kappa shape index (κ2) is 11.0. The Kier molecular flexibility index (Phi) is 7.66. The highest BCUT2D eigenvalue weighted by Gasteiger charge is 2.20. The van der Waals surface area contributed by atoms with E-state index in [0.717, 1.165) is 29.3 Å². The fourth-order valence-corrected chi connectivity index (χ4v) is 5.25. The molecule has 0 aromatic heterocycles. The van der Waals surface area contributed by atoms with E-state index in [1.165, 1.54) is 68.9 Å². The van der Waals surface area contributed by atoms with Gasteiger partial charge in [-0.15, -0.1) is 0 Å². The highest BCUT2D eigenvalue weighted by molar-refractivity contribution is 6.01. The summed E-state index contributed by atoms with van der Waals surface area (Å²) >= 11 is 0. The minimum atomic E-state index is 0.546. The number of rotatable bonds is 5. The third kappa shape index (κ3) is 4.91. The monoisotopic (exact) mass is 424 g/mol. The summed E-state index contributed by atoms with van der Waals surface area (Å²) in [5.74, 6) is 0.546. The van der Waals surface area contributed by atoms with Crippen molar-refractivity contribution in [2.45, 2.75) is 63.7 Å². The van der Waals surface area contributed by atoms with Crippen molar-refractivity contribution in [3.8, 4) is 22.3 Å². The first-order valence-electron chi connectivity index (χ1n) is 12.1. The number of carbonyl (C=O) groups is 2. The summed E-state index contributed by atoms with van der Waals surface area (Å²) in [5.41, 5.74) is 6.51. The van der Waals surface area contributed by atoms with Crippen molar-refractivity contribution in [1.82, 2.24) is 0 Å². The number of hydrogen-bond acceptors (Lipinski definition) is 2. The van der Waals surface area contributed by atoms with E-state index in [9.17, 15) is 9.59 Å². The fraction of sp³-hybridized carbons (Fsp3) is 0.333. The Morgan fingerprint density at radius 2 is 1.03 bits per heavy atom. The molecule has 1 saturated carbocycles. The van der Waals surface area contributed by atoms with Crippen LogP contribution in [0.4, 0.5) is 0 Å². The van der Waals surface area contributed by atoms with E-state index in [2.05, 4.69) is 30.3 Å². The van der Waals surface area contributed by atoms with Gasteiger partial charge in [0.05, 0.1) is 0 Å². The Morgan fingerprint density at radius 1 is 0.531 bits per heavy atom. The van der Waals surface area contributed by atoms with E-state index < -0.39 is 0 Å². The molecule has 0 amide bonds. The largest absolute Gasteiger partial charge is 0.298 e. The van der Waals surface area contributed by atoms with Crippen molar-refractivity contribution >= 4 is 12.6 Å². The van der Waals surface area contributed by atoms with Crippen LogP contribution in [0.1, 0.15) is 90.0 Å². The summed E-state index contributed by atoms with van der Waals surface area (Å²) in [4.78, 5) is 23.7. The Bertz CT molecular complexity index is 1030. The molecule has 1 fully saturated rings. The predicted octanol–water partition coefficient (Wildman–Crippen LogP) is 8.25. The third-order valence-corrected chi connectivity index (χ3v) is 6.88. The summed E-state index contributed by atoms with van der Waals surface area (Å²) in [7, 11) is 0. The Morgan fingerprint density at radius 3 is 1.62 bits per heavy atom. The molecule has 0 heterocycles. The molecule has 0 saturated heterocycles. The van der Waals surface area contributed by atoms with Crippen molar-refractivity contribution in [3.63, 3.8) is 0 Å². The number of carbonyl (C=O) groups excluding carboxylic acids is 2. The van der Waals surface area contributed by atoms with Gasteiger partial charge < -0.3 is 0 Å². The van der Waals surface area contributed by atoms with Gasteiger partial charge in [-0.05, 0) is 41.0 Å². The first kappa shape index (κ1) is 22.2. The smallest absolute Gasteiger partial charge is 0.150 e. The minimum Gasteiger partial charge on any atom is -0.298 e. The Labute approximate surface area is 191 Å². The summed E-state index contributed by atoms with van der Waals surface area (Å²) in [6.07, 6.45) is 13.5. The second-order valence-electron chi connectivity index (χ2n) is 8.93. The van der Waals surface area contributed by atoms with Crippen molar-refractivity contribution in [1.29, 1.82) is 0 Å². The van der Waals surface area contributed by atoms with Gasteiger partial charge in [0.15, 0.2) is 12.6 Å². The van der Waals surface area contributed by atoms with Gasteiger partial charge in [0.2, 0.25) is 0 Å². The topological polar surface area (TPSA) is 34.1 Å². The second-order valence-corrected chi connectivity index (χ2v) is 8.93. The van der Waals surface area contributed by atoms with Crippen LogP contribution in [0.2, 0.25) is 0 Å². The standard InChI is InChI=1S/C30H32O2/c31-21-24-15-12-16-25(22-32)30(24)29-20-11-10-19-28(29)27-18-9-8-17-26(27)23-13-6-4-2-1-3-5-7-14-23/h8-12,15-23H,1-7,13-14H2. The molecule has 3 aromatic carbocycles. The molecule has 0 atom stereocenters. The molecule has 0 spiro atoms. The quantitative estimate of drug-likeness (QED) is 0.386. The molecule has 1 aliphatic carbocycles. The zero-order valence-electron chi connectivity index (χ0n) is 18.8. The molecular formula is C30H32O2. The summed E-state index contributed by atoms with van der Waals surface area (Å²) in [5, 5.41) is 0. The first-order valence-corrected chi connectivity index (χ1v) is 12.1. The van der Waals surface area contributed by atoms with E-state index in [1.807, 2.05) is 18.2 Å². The van der Waals surface area contributed by atoms with Crippen LogP contribution in [-0.2, 0) is 0 Å². The predicted molar refractivity (Wildman–Crippen MR) is 132 cm³/mol. The zero-order valence-corrected chi connectivity index (χ0v) is 18.8. The molecule has 3 aromatic rings. The van der Waals surface area contributed by atoms with E-state index in [4.69, 9.17) is 0 Å². The van der Waals surface area contributed by atoms with Crippen LogP contribution in [-0.4, -0.2) is 12.6 Å². The molecule has 2 nitrogen and oxygen atoms in total. The van der Waals surface area contributed by atoms with E-state index in [-0.39, 0.29) is 0 Å². The lowest BCUT2D eigenvalue weighted by Crippen LogP contribution is -2.04. The highest BCUT2D eigenvalue weighted by atomic mass is 16.1. The van der Waals surface area contributed by atoms with Crippen molar-refractivity contribution in [2.75, 3.05) is 0 Å². The van der Waals surface area contributed by atoms with Crippen molar-refractivity contribution in [2.24, 2.45) is 0 Å². The Hall–Kier alpha value is -3.00. The molecule has 0 unspecified atom stereocenters. The van der Waals surface area contributed by atoms with Gasteiger partial charge in [0.1, 0.15) is 0 Å². The Balaban J connectivity index is 1.82. The summed E-state index contributed by atoms with van der Waals surface area (Å²) in [6, 6.07) is 22.3. The number of benzene rings is 3. The molecule has 0 N–H and O–H groups in total. The van der Waals surface area contributed by atoms with Crippen LogP contribution >= 0.6 is 0 Å². The lowest BCUT2D eigenvalue weighted by molar-refractivity contribution is 0.112. The van der Waals surface area contributed by atoms with Gasteiger partial charge in [0.25, 0.3) is 0 Å². The van der Waals surface area contributed by atoms with Crippen LogP contribution in [0.5, 0.6) is 0 Å². The summed E-state index contributed by atoms with van der Waals surface area (Å²) in [6.45, 7) is 0. The minimum absolute atomic E-state index is 0.546. The molecule has 1 aliphatic rings. The lowest BCUT2D eigenvalue weighted by Gasteiger charge is -2.23. The zero-order chi connectivity index (χ0) is 22.2. The van der Waals surface area contributed by atoms with Crippen LogP contribution in [0, 0.1) is 0 Å². The average molecular weight is 425 g/mol. The van der Waals surface area contributed by atoms with Gasteiger partial charge in [0, 0.05) is 16.7 Å². The molecule has 2 heteroatoms. The van der Waals surface area contributed by atoms with E-state index in [0.29, 0.717) is 17.0 Å². The molecule has 164 valence electrons. The molecule has 32 heavy (non-hydrogen) atoms. The SMILES string of the molecule is O=Cc1cccc(C=O)c1-c1ccccc1-c1ccccc1C1CCCCCCCCC1. The average Bonchev–Trinajstić information content (AvgIpc) is 2.86. The number of aldehydes is 2. The molecule has 0 aliphatic heterocycles. The van der Waals surface area contributed by atoms with Crippen LogP contribution in [0.25, 0.3) is 22.3 Å². The van der Waals surface area contributed by atoms with E-state index in [1.54, 1.807) is 18.2 Å². The third-order valence-electron chi connectivity index (χ3n) is 6.88. The fourth-order valence-electron chi connectivity index (χ4n) is 5.25. The highest BCUT2D eigenvalue weighted by Crippen LogP contribution is 2.41. The van der Waals surface area contributed by atoms with Crippen LogP contribution in [0.3, 0.4) is 0 Å². The lowest BCUT2D eigenvalue weighted by atomic mass is 9.81. The number of hydrogen-bond donors (Lipinski definition) is 0. The molecule has 0 bridgehead atoms. The maximum Gasteiger partial charge on any atom is 0.150 e. The van der Waals surface area contributed by atoms with Crippen molar-refractivity contribution < 1.29 is 9.59 Å². The molecular weight excluding hydrogens is 392 g/mol. The van der Waals surface area contributed by atoms with E-state index >= 15 is 0 Å².